The van der Waals surface area contributed by atoms with Crippen LogP contribution in [0.15, 0.2) is 29.4 Å². The Balaban J connectivity index is 2.29. The third kappa shape index (κ3) is 4.46. The van der Waals surface area contributed by atoms with E-state index in [0.29, 0.717) is 5.25 Å². The third-order valence-corrected chi connectivity index (χ3v) is 4.41. The molecule has 116 valence electrons. The largest absolute Gasteiger partial charge is 0.396 e. The number of aliphatic hydroxyl groups is 1. The van der Waals surface area contributed by atoms with E-state index in [2.05, 4.69) is 43.6 Å². The Morgan fingerprint density at radius 1 is 1.38 bits per heavy atom. The van der Waals surface area contributed by atoms with Crippen LogP contribution < -0.4 is 5.32 Å². The van der Waals surface area contributed by atoms with E-state index >= 15 is 0 Å². The number of pyridine rings is 1. The van der Waals surface area contributed by atoms with Gasteiger partial charge in [0, 0.05) is 30.1 Å². The highest BCUT2D eigenvalue weighted by Crippen LogP contribution is 2.28. The van der Waals surface area contributed by atoms with Crippen LogP contribution in [-0.2, 0) is 6.54 Å². The lowest BCUT2D eigenvalue weighted by Gasteiger charge is -2.21. The summed E-state index contributed by atoms with van der Waals surface area (Å²) in [6, 6.07) is 6.07. The fourth-order valence-electron chi connectivity index (χ4n) is 2.06. The molecule has 5 heteroatoms. The number of nitrogens with one attached hydrogen (secondary N) is 1. The second-order valence-electron chi connectivity index (χ2n) is 6.34. The average Bonchev–Trinajstić information content (AvgIpc) is 2.73. The monoisotopic (exact) mass is 307 g/mol. The van der Waals surface area contributed by atoms with Crippen molar-refractivity contribution in [3.8, 4) is 0 Å². The molecule has 0 radical (unpaired) electrons. The molecule has 0 bridgehead atoms. The number of rotatable bonds is 6. The first kappa shape index (κ1) is 16.3. The summed E-state index contributed by atoms with van der Waals surface area (Å²) in [5.41, 5.74) is 2.23. The summed E-state index contributed by atoms with van der Waals surface area (Å²) in [6.45, 7) is 9.62. The summed E-state index contributed by atoms with van der Waals surface area (Å²) < 4.78 is 2.15. The van der Waals surface area contributed by atoms with Crippen LogP contribution in [0.4, 0.5) is 0 Å². The summed E-state index contributed by atoms with van der Waals surface area (Å²) >= 11 is 1.74. The zero-order valence-electron chi connectivity index (χ0n) is 13.3. The second-order valence-corrected chi connectivity index (χ2v) is 7.76. The van der Waals surface area contributed by atoms with Gasteiger partial charge in [0.25, 0.3) is 0 Å². The van der Waals surface area contributed by atoms with E-state index in [1.165, 1.54) is 5.69 Å². The molecular formula is C16H25N3OS. The van der Waals surface area contributed by atoms with Crippen molar-refractivity contribution in [1.29, 1.82) is 0 Å². The molecule has 2 aromatic heterocycles. The maximum absolute atomic E-state index is 9.08. The van der Waals surface area contributed by atoms with Gasteiger partial charge in [-0.1, -0.05) is 13.0 Å². The minimum absolute atomic E-state index is 0.0670. The van der Waals surface area contributed by atoms with Gasteiger partial charge in [-0.2, -0.15) is 0 Å². The summed E-state index contributed by atoms with van der Waals surface area (Å²) in [4.78, 5) is 4.74. The van der Waals surface area contributed by atoms with E-state index in [1.807, 2.05) is 18.2 Å². The van der Waals surface area contributed by atoms with Crippen molar-refractivity contribution in [2.24, 2.45) is 0 Å². The molecule has 0 fully saturated rings. The Kier molecular flexibility index (Phi) is 5.30. The molecule has 0 spiro atoms. The second kappa shape index (κ2) is 6.81. The van der Waals surface area contributed by atoms with Crippen molar-refractivity contribution in [2.75, 3.05) is 6.61 Å². The highest BCUT2D eigenvalue weighted by atomic mass is 32.2. The fraction of sp³-hybridized carbons (Fsp3) is 0.562. The van der Waals surface area contributed by atoms with Gasteiger partial charge in [0.15, 0.2) is 0 Å². The van der Waals surface area contributed by atoms with E-state index in [-0.39, 0.29) is 12.1 Å². The molecule has 0 aromatic carbocycles. The lowest BCUT2D eigenvalue weighted by molar-refractivity contribution is 0.289. The maximum Gasteiger partial charge on any atom is 0.138 e. The van der Waals surface area contributed by atoms with Crippen LogP contribution in [0.25, 0.3) is 5.65 Å². The molecule has 2 rings (SSSR count). The van der Waals surface area contributed by atoms with Gasteiger partial charge in [0.1, 0.15) is 10.7 Å². The van der Waals surface area contributed by atoms with Crippen LogP contribution in [-0.4, -0.2) is 31.9 Å². The lowest BCUT2D eigenvalue weighted by atomic mass is 10.1. The number of nitrogens with zero attached hydrogens (tertiary/aromatic N) is 2. The van der Waals surface area contributed by atoms with E-state index in [4.69, 9.17) is 10.1 Å². The smallest absolute Gasteiger partial charge is 0.138 e. The van der Waals surface area contributed by atoms with Crippen LogP contribution in [0.1, 0.15) is 39.8 Å². The first-order valence-corrected chi connectivity index (χ1v) is 8.27. The lowest BCUT2D eigenvalue weighted by Crippen LogP contribution is -2.35. The SMILES string of the molecule is CC(CCO)Sc1nc2ccccn2c1CNC(C)(C)C. The van der Waals surface area contributed by atoms with Crippen molar-refractivity contribution in [3.05, 3.63) is 30.1 Å². The number of thioether (sulfide) groups is 1. The molecule has 2 N–H and O–H groups in total. The quantitative estimate of drug-likeness (QED) is 0.805. The van der Waals surface area contributed by atoms with Crippen LogP contribution in [0.3, 0.4) is 0 Å². The first-order valence-electron chi connectivity index (χ1n) is 7.39. The third-order valence-electron chi connectivity index (χ3n) is 3.23. The molecule has 4 nitrogen and oxygen atoms in total. The van der Waals surface area contributed by atoms with E-state index in [1.54, 1.807) is 11.8 Å². The van der Waals surface area contributed by atoms with Crippen molar-refractivity contribution >= 4 is 17.4 Å². The van der Waals surface area contributed by atoms with Gasteiger partial charge in [0.05, 0.1) is 5.69 Å². The number of hydrogen-bond donors (Lipinski definition) is 2. The van der Waals surface area contributed by atoms with Gasteiger partial charge in [0.2, 0.25) is 0 Å². The number of hydrogen-bond acceptors (Lipinski definition) is 4. The number of aliphatic hydroxyl groups excluding tert-OH is 1. The van der Waals surface area contributed by atoms with Gasteiger partial charge in [-0.25, -0.2) is 4.98 Å². The van der Waals surface area contributed by atoms with Crippen molar-refractivity contribution < 1.29 is 5.11 Å². The number of fused-ring (bicyclic) bond motifs is 1. The van der Waals surface area contributed by atoms with E-state index < -0.39 is 0 Å². The van der Waals surface area contributed by atoms with Gasteiger partial charge >= 0.3 is 0 Å². The highest BCUT2D eigenvalue weighted by Gasteiger charge is 2.17. The Labute approximate surface area is 131 Å². The Bertz CT molecular complexity index is 589. The topological polar surface area (TPSA) is 49.6 Å². The van der Waals surface area contributed by atoms with Crippen LogP contribution in [0.5, 0.6) is 0 Å². The normalized spacial score (nSPS) is 13.8. The maximum atomic E-state index is 9.08. The molecule has 0 aliphatic heterocycles. The minimum Gasteiger partial charge on any atom is -0.396 e. The Hall–Kier alpha value is -1.04. The summed E-state index contributed by atoms with van der Waals surface area (Å²) in [5.74, 6) is 0. The highest BCUT2D eigenvalue weighted by molar-refractivity contribution is 7.99. The molecule has 2 aromatic rings. The molecule has 1 atom stereocenters. The molecule has 2 heterocycles. The average molecular weight is 307 g/mol. The predicted molar refractivity (Wildman–Crippen MR) is 88.8 cm³/mol. The zero-order valence-corrected chi connectivity index (χ0v) is 14.1. The first-order chi connectivity index (χ1) is 9.90. The summed E-state index contributed by atoms with van der Waals surface area (Å²) in [6.07, 6.45) is 2.84. The molecule has 0 aliphatic rings. The predicted octanol–water partition coefficient (Wildman–Crippen LogP) is 3.09. The Morgan fingerprint density at radius 2 is 2.14 bits per heavy atom. The molecule has 0 aliphatic carbocycles. The molecule has 1 unspecified atom stereocenters. The van der Waals surface area contributed by atoms with Gasteiger partial charge < -0.3 is 14.8 Å². The minimum atomic E-state index is 0.0670. The van der Waals surface area contributed by atoms with Gasteiger partial charge in [-0.3, -0.25) is 0 Å². The number of aromatic nitrogens is 2. The molecular weight excluding hydrogens is 282 g/mol. The van der Waals surface area contributed by atoms with Crippen molar-refractivity contribution in [1.82, 2.24) is 14.7 Å². The van der Waals surface area contributed by atoms with Crippen LogP contribution in [0.2, 0.25) is 0 Å². The molecule has 0 saturated heterocycles. The van der Waals surface area contributed by atoms with Gasteiger partial charge in [-0.05, 0) is 39.3 Å². The summed E-state index contributed by atoms with van der Waals surface area (Å²) in [7, 11) is 0. The molecule has 0 amide bonds. The fourth-order valence-corrected chi connectivity index (χ4v) is 3.12. The number of imidazole rings is 1. The van der Waals surface area contributed by atoms with Crippen molar-refractivity contribution in [3.63, 3.8) is 0 Å². The van der Waals surface area contributed by atoms with Gasteiger partial charge in [-0.15, -0.1) is 11.8 Å². The van der Waals surface area contributed by atoms with Crippen molar-refractivity contribution in [2.45, 2.75) is 56.5 Å². The zero-order chi connectivity index (χ0) is 15.5. The van der Waals surface area contributed by atoms with E-state index in [9.17, 15) is 0 Å². The molecule has 21 heavy (non-hydrogen) atoms. The van der Waals surface area contributed by atoms with E-state index in [0.717, 1.165) is 23.6 Å². The van der Waals surface area contributed by atoms with Crippen LogP contribution in [0, 0.1) is 0 Å². The standard InChI is InChI=1S/C16H25N3OS/c1-12(8-10-20)21-15-13(11-17-16(2,3)4)19-9-6-5-7-14(19)18-15/h5-7,9,12,17,20H,8,10-11H2,1-4H3. The Morgan fingerprint density at radius 3 is 2.81 bits per heavy atom. The van der Waals surface area contributed by atoms with Crippen LogP contribution >= 0.6 is 11.8 Å². The molecule has 0 saturated carbocycles. The summed E-state index contributed by atoms with van der Waals surface area (Å²) in [5, 5.41) is 14.0.